The second-order valence-corrected chi connectivity index (χ2v) is 17.4. The summed E-state index contributed by atoms with van der Waals surface area (Å²) >= 11 is 22.4. The van der Waals surface area contributed by atoms with Crippen molar-refractivity contribution in [1.29, 1.82) is 0 Å². The van der Waals surface area contributed by atoms with E-state index in [9.17, 15) is 0 Å². The van der Waals surface area contributed by atoms with Gasteiger partial charge in [-0.3, -0.25) is 0 Å². The lowest BCUT2D eigenvalue weighted by Gasteiger charge is -2.01. The highest BCUT2D eigenvalue weighted by atomic mass is 35.7. The molecule has 0 spiro atoms. The van der Waals surface area contributed by atoms with Crippen molar-refractivity contribution in [2.45, 2.75) is 19.5 Å². The molecule has 0 unspecified atom stereocenters. The number of rotatable bonds is 3. The Labute approximate surface area is 101 Å². The van der Waals surface area contributed by atoms with Gasteiger partial charge in [0.25, 0.3) is 6.69 Å². The first-order valence-electron chi connectivity index (χ1n) is 3.71. The predicted molar refractivity (Wildman–Crippen MR) is 71.7 cm³/mol. The smallest absolute Gasteiger partial charge is 0.146 e. The van der Waals surface area contributed by atoms with Crippen LogP contribution in [0.5, 0.6) is 0 Å². The minimum Gasteiger partial charge on any atom is -0.146 e. The first kappa shape index (κ1) is 16.5. The fourth-order valence-electron chi connectivity index (χ4n) is 0.0833. The standard InChI is InChI=1S/C4H6Cl2Si.C3H8Cl2Si/c1-3-7(5,6)4-2;1-3-6(2,4)5/h3-4H,1-2H2;3H2,1-2H3. The Kier molecular flexibility index (Phi) is 9.36. The lowest BCUT2D eigenvalue weighted by Crippen LogP contribution is -2.09. The van der Waals surface area contributed by atoms with Crippen LogP contribution in [0.1, 0.15) is 6.92 Å². The third-order valence-electron chi connectivity index (χ3n) is 1.17. The van der Waals surface area contributed by atoms with E-state index in [0.29, 0.717) is 0 Å². The molecule has 0 saturated carbocycles. The number of hydrogen-bond acceptors (Lipinski definition) is 0. The SMILES string of the molecule is C=C[Si](Cl)(Cl)C=C.CC[Si](C)(Cl)Cl. The van der Waals surface area contributed by atoms with Crippen molar-refractivity contribution in [1.82, 2.24) is 0 Å². The van der Waals surface area contributed by atoms with Crippen LogP contribution in [0.4, 0.5) is 0 Å². The van der Waals surface area contributed by atoms with Crippen molar-refractivity contribution < 1.29 is 0 Å². The van der Waals surface area contributed by atoms with Crippen molar-refractivity contribution in [2.24, 2.45) is 0 Å². The zero-order valence-electron chi connectivity index (χ0n) is 7.79. The fourth-order valence-corrected chi connectivity index (χ4v) is 0.250. The van der Waals surface area contributed by atoms with E-state index in [1.54, 1.807) is 11.4 Å². The molecule has 0 bridgehead atoms. The minimum absolute atomic E-state index is 0.941. The van der Waals surface area contributed by atoms with Crippen molar-refractivity contribution >= 4 is 57.7 Å². The summed E-state index contributed by atoms with van der Waals surface area (Å²) in [6.45, 7) is 6.91. The second-order valence-electron chi connectivity index (χ2n) is 2.51. The maximum absolute atomic E-state index is 5.62. The lowest BCUT2D eigenvalue weighted by molar-refractivity contribution is 1.43. The van der Waals surface area contributed by atoms with Gasteiger partial charge in [0.1, 0.15) is 0 Å². The fraction of sp³-hybridized carbons (Fsp3) is 0.429. The molecule has 0 aliphatic rings. The zero-order valence-corrected chi connectivity index (χ0v) is 12.8. The molecule has 78 valence electrons. The van der Waals surface area contributed by atoms with Gasteiger partial charge in [0.2, 0.25) is 6.69 Å². The average molecular weight is 296 g/mol. The van der Waals surface area contributed by atoms with E-state index >= 15 is 0 Å². The Hall–Kier alpha value is 1.07. The van der Waals surface area contributed by atoms with Crippen LogP contribution < -0.4 is 0 Å². The molecule has 0 radical (unpaired) electrons. The molecular formula is C7H14Cl4Si2. The molecule has 0 nitrogen and oxygen atoms in total. The van der Waals surface area contributed by atoms with Gasteiger partial charge in [-0.1, -0.05) is 18.3 Å². The largest absolute Gasteiger partial charge is 0.295 e. The molecular weight excluding hydrogens is 282 g/mol. The molecule has 0 aliphatic heterocycles. The zero-order chi connectivity index (χ0) is 11.1. The molecule has 0 N–H and O–H groups in total. The molecule has 13 heavy (non-hydrogen) atoms. The van der Waals surface area contributed by atoms with Gasteiger partial charge in [0.05, 0.1) is 0 Å². The monoisotopic (exact) mass is 294 g/mol. The summed E-state index contributed by atoms with van der Waals surface area (Å²) in [5, 5.41) is 0. The number of halogens is 4. The van der Waals surface area contributed by atoms with Crippen LogP contribution in [-0.4, -0.2) is 13.4 Å². The van der Waals surface area contributed by atoms with Gasteiger partial charge in [-0.2, -0.15) is 0 Å². The summed E-state index contributed by atoms with van der Waals surface area (Å²) in [5.74, 6) is 0. The van der Waals surface area contributed by atoms with Crippen molar-refractivity contribution in [3.8, 4) is 0 Å². The van der Waals surface area contributed by atoms with Crippen LogP contribution in [0, 0.1) is 0 Å². The Morgan fingerprint density at radius 1 is 1.08 bits per heavy atom. The Morgan fingerprint density at radius 2 is 1.31 bits per heavy atom. The van der Waals surface area contributed by atoms with Crippen LogP contribution in [0.25, 0.3) is 0 Å². The van der Waals surface area contributed by atoms with Crippen molar-refractivity contribution in [3.63, 3.8) is 0 Å². The number of hydrogen-bond donors (Lipinski definition) is 0. The molecule has 0 saturated heterocycles. The summed E-state index contributed by atoms with van der Waals surface area (Å²) in [6.07, 6.45) is 0. The summed E-state index contributed by atoms with van der Waals surface area (Å²) in [6, 6.07) is 0.941. The average Bonchev–Trinajstić information content (AvgIpc) is 2.04. The molecule has 0 heterocycles. The normalized spacial score (nSPS) is 11.2. The van der Waals surface area contributed by atoms with Crippen LogP contribution in [0.15, 0.2) is 24.6 Å². The van der Waals surface area contributed by atoms with E-state index in [1.165, 1.54) is 0 Å². The Bertz CT molecular complexity index is 152. The predicted octanol–water partition coefficient (Wildman–Crippen LogP) is 4.91. The molecule has 0 aromatic carbocycles. The van der Waals surface area contributed by atoms with Crippen LogP contribution >= 0.6 is 44.3 Å². The third-order valence-corrected chi connectivity index (χ3v) is 6.95. The summed E-state index contributed by atoms with van der Waals surface area (Å²) < 4.78 is 0. The molecule has 0 aliphatic carbocycles. The van der Waals surface area contributed by atoms with Gasteiger partial charge in [-0.05, 0) is 12.6 Å². The molecule has 0 aromatic rings. The van der Waals surface area contributed by atoms with E-state index in [4.69, 9.17) is 44.3 Å². The maximum Gasteiger partial charge on any atom is 0.295 e. The van der Waals surface area contributed by atoms with E-state index in [-0.39, 0.29) is 0 Å². The second kappa shape index (κ2) is 7.38. The lowest BCUT2D eigenvalue weighted by atomic mass is 11.0. The van der Waals surface area contributed by atoms with Gasteiger partial charge in [-0.15, -0.1) is 57.5 Å². The first-order chi connectivity index (χ1) is 5.68. The van der Waals surface area contributed by atoms with E-state index in [1.807, 2.05) is 13.5 Å². The summed E-state index contributed by atoms with van der Waals surface area (Å²) in [4.78, 5) is 0. The first-order valence-corrected chi connectivity index (χ1v) is 12.6. The minimum atomic E-state index is -2.18. The topological polar surface area (TPSA) is 0 Å². The van der Waals surface area contributed by atoms with Gasteiger partial charge in [0.15, 0.2) is 0 Å². The Morgan fingerprint density at radius 3 is 1.31 bits per heavy atom. The molecule has 0 rings (SSSR count). The quantitative estimate of drug-likeness (QED) is 0.512. The van der Waals surface area contributed by atoms with Crippen molar-refractivity contribution in [2.75, 3.05) is 0 Å². The molecule has 0 fully saturated rings. The van der Waals surface area contributed by atoms with E-state index in [2.05, 4.69) is 13.2 Å². The van der Waals surface area contributed by atoms with Crippen LogP contribution in [0.3, 0.4) is 0 Å². The summed E-state index contributed by atoms with van der Waals surface area (Å²) in [5.41, 5.74) is 3.09. The highest BCUT2D eigenvalue weighted by Crippen LogP contribution is 2.17. The maximum atomic E-state index is 5.62. The third kappa shape index (κ3) is 15.8. The van der Waals surface area contributed by atoms with Gasteiger partial charge in [0, 0.05) is 0 Å². The highest BCUT2D eigenvalue weighted by Gasteiger charge is 2.17. The van der Waals surface area contributed by atoms with Crippen LogP contribution in [0.2, 0.25) is 12.6 Å². The molecule has 0 atom stereocenters. The van der Waals surface area contributed by atoms with Crippen molar-refractivity contribution in [3.05, 3.63) is 24.6 Å². The molecule has 6 heteroatoms. The van der Waals surface area contributed by atoms with Gasteiger partial charge >= 0.3 is 0 Å². The van der Waals surface area contributed by atoms with E-state index < -0.39 is 13.4 Å². The Balaban J connectivity index is 0. The molecule has 0 amide bonds. The van der Waals surface area contributed by atoms with Gasteiger partial charge in [-0.25, -0.2) is 0 Å². The van der Waals surface area contributed by atoms with Gasteiger partial charge < -0.3 is 0 Å². The molecule has 0 aromatic heterocycles. The summed E-state index contributed by atoms with van der Waals surface area (Å²) in [7, 11) is 0. The van der Waals surface area contributed by atoms with E-state index in [0.717, 1.165) is 6.04 Å². The highest BCUT2D eigenvalue weighted by molar-refractivity contribution is 7.49. The van der Waals surface area contributed by atoms with Crippen LogP contribution in [-0.2, 0) is 0 Å².